The van der Waals surface area contributed by atoms with Crippen molar-refractivity contribution in [2.45, 2.75) is 12.5 Å². The van der Waals surface area contributed by atoms with Gasteiger partial charge in [-0.15, -0.1) is 0 Å². The van der Waals surface area contributed by atoms with E-state index in [-0.39, 0.29) is 11.6 Å². The fraction of sp³-hybridized carbons (Fsp3) is 0.286. The number of aromatic amines is 1. The lowest BCUT2D eigenvalue weighted by Gasteiger charge is -2.16. The highest BCUT2D eigenvalue weighted by molar-refractivity contribution is 7.22. The maximum Gasteiger partial charge on any atom is 0.290 e. The van der Waals surface area contributed by atoms with Gasteiger partial charge in [-0.2, -0.15) is 0 Å². The SMILES string of the molecule is O=c1[nH]ccnc1N1CCC(Nc2nc3ncc(Cl)cc3s2)C1. The van der Waals surface area contributed by atoms with Crippen LogP contribution in [0.1, 0.15) is 6.42 Å². The molecule has 0 amide bonds. The van der Waals surface area contributed by atoms with Crippen LogP contribution in [0.15, 0.2) is 29.5 Å². The number of rotatable bonds is 3. The molecular weight excluding hydrogens is 336 g/mol. The molecule has 1 saturated heterocycles. The number of thiazole rings is 1. The summed E-state index contributed by atoms with van der Waals surface area (Å²) in [7, 11) is 0. The highest BCUT2D eigenvalue weighted by atomic mass is 35.5. The van der Waals surface area contributed by atoms with E-state index < -0.39 is 0 Å². The van der Waals surface area contributed by atoms with Crippen molar-refractivity contribution in [2.24, 2.45) is 0 Å². The van der Waals surface area contributed by atoms with Crippen molar-refractivity contribution in [1.82, 2.24) is 19.9 Å². The molecule has 0 bridgehead atoms. The molecule has 3 aromatic rings. The number of hydrogen-bond donors (Lipinski definition) is 2. The molecule has 0 aromatic carbocycles. The Bertz CT molecular complexity index is 909. The Labute approximate surface area is 140 Å². The number of nitrogens with zero attached hydrogens (tertiary/aromatic N) is 4. The third-order valence-corrected chi connectivity index (χ3v) is 4.85. The predicted octanol–water partition coefficient (Wildman–Crippen LogP) is 2.12. The molecule has 1 fully saturated rings. The number of halogens is 1. The van der Waals surface area contributed by atoms with Crippen molar-refractivity contribution in [1.29, 1.82) is 0 Å². The average Bonchev–Trinajstić information content (AvgIpc) is 3.14. The Hall–Kier alpha value is -2.19. The molecule has 3 aromatic heterocycles. The molecule has 0 spiro atoms. The van der Waals surface area contributed by atoms with Crippen LogP contribution < -0.4 is 15.8 Å². The summed E-state index contributed by atoms with van der Waals surface area (Å²) in [5.74, 6) is 0.467. The van der Waals surface area contributed by atoms with Gasteiger partial charge in [0.05, 0.1) is 9.72 Å². The minimum absolute atomic E-state index is 0.160. The first-order valence-corrected chi connectivity index (χ1v) is 8.36. The summed E-state index contributed by atoms with van der Waals surface area (Å²) in [4.78, 5) is 29.3. The Morgan fingerprint density at radius 1 is 1.43 bits per heavy atom. The minimum Gasteiger partial charge on any atom is -0.357 e. The highest BCUT2D eigenvalue weighted by Gasteiger charge is 2.25. The standard InChI is InChI=1S/C14H13ClN6OS/c15-8-5-10-11(18-6-8)20-14(23-10)19-9-1-4-21(7-9)12-13(22)17-3-2-16-12/h2-3,5-6,9H,1,4,7H2,(H,17,22)(H,18,19,20). The van der Waals surface area contributed by atoms with Gasteiger partial charge in [-0.1, -0.05) is 22.9 Å². The molecule has 0 aliphatic carbocycles. The molecule has 9 heteroatoms. The van der Waals surface area contributed by atoms with Crippen molar-refractivity contribution in [3.63, 3.8) is 0 Å². The van der Waals surface area contributed by atoms with Crippen LogP contribution in [0.5, 0.6) is 0 Å². The number of fused-ring (bicyclic) bond motifs is 1. The van der Waals surface area contributed by atoms with E-state index >= 15 is 0 Å². The number of hydrogen-bond acceptors (Lipinski definition) is 7. The van der Waals surface area contributed by atoms with Crippen molar-refractivity contribution >= 4 is 44.2 Å². The van der Waals surface area contributed by atoms with Gasteiger partial charge in [-0.05, 0) is 12.5 Å². The Morgan fingerprint density at radius 3 is 3.22 bits per heavy atom. The molecule has 0 radical (unpaired) electrons. The van der Waals surface area contributed by atoms with E-state index in [2.05, 4.69) is 25.3 Å². The second-order valence-corrected chi connectivity index (χ2v) is 6.78. The molecule has 4 heterocycles. The fourth-order valence-corrected chi connectivity index (χ4v) is 3.84. The third kappa shape index (κ3) is 2.87. The summed E-state index contributed by atoms with van der Waals surface area (Å²) >= 11 is 7.48. The molecule has 23 heavy (non-hydrogen) atoms. The lowest BCUT2D eigenvalue weighted by Crippen LogP contribution is -2.30. The molecular formula is C14H13ClN6OS. The molecule has 1 atom stereocenters. The van der Waals surface area contributed by atoms with Crippen LogP contribution >= 0.6 is 22.9 Å². The smallest absolute Gasteiger partial charge is 0.290 e. The third-order valence-electron chi connectivity index (χ3n) is 3.72. The van der Waals surface area contributed by atoms with Gasteiger partial charge >= 0.3 is 0 Å². The van der Waals surface area contributed by atoms with Gasteiger partial charge < -0.3 is 15.2 Å². The lowest BCUT2D eigenvalue weighted by atomic mass is 10.3. The molecule has 2 N–H and O–H groups in total. The van der Waals surface area contributed by atoms with Crippen molar-refractivity contribution in [3.8, 4) is 0 Å². The number of nitrogens with one attached hydrogen (secondary N) is 2. The summed E-state index contributed by atoms with van der Waals surface area (Å²) in [5.41, 5.74) is 0.532. The first-order chi connectivity index (χ1) is 11.2. The van der Waals surface area contributed by atoms with Crippen LogP contribution in [0, 0.1) is 0 Å². The average molecular weight is 349 g/mol. The van der Waals surface area contributed by atoms with Crippen LogP contribution in [-0.4, -0.2) is 39.1 Å². The summed E-state index contributed by atoms with van der Waals surface area (Å²) in [6, 6.07) is 2.08. The maximum absolute atomic E-state index is 11.8. The number of H-pyrrole nitrogens is 1. The van der Waals surface area contributed by atoms with Crippen LogP contribution in [0.4, 0.5) is 10.9 Å². The molecule has 1 aliphatic rings. The predicted molar refractivity (Wildman–Crippen MR) is 91.5 cm³/mol. The van der Waals surface area contributed by atoms with E-state index in [1.807, 2.05) is 11.0 Å². The second-order valence-electron chi connectivity index (χ2n) is 5.31. The van der Waals surface area contributed by atoms with Crippen LogP contribution in [0.25, 0.3) is 10.3 Å². The largest absolute Gasteiger partial charge is 0.357 e. The van der Waals surface area contributed by atoms with Gasteiger partial charge in [-0.3, -0.25) is 4.79 Å². The quantitative estimate of drug-likeness (QED) is 0.754. The van der Waals surface area contributed by atoms with E-state index in [9.17, 15) is 4.79 Å². The van der Waals surface area contributed by atoms with E-state index in [0.29, 0.717) is 23.0 Å². The molecule has 1 aliphatic heterocycles. The van der Waals surface area contributed by atoms with Crippen LogP contribution in [-0.2, 0) is 0 Å². The fourth-order valence-electron chi connectivity index (χ4n) is 2.67. The molecule has 7 nitrogen and oxygen atoms in total. The monoisotopic (exact) mass is 348 g/mol. The molecule has 118 valence electrons. The van der Waals surface area contributed by atoms with E-state index in [1.54, 1.807) is 12.4 Å². The van der Waals surface area contributed by atoms with Gasteiger partial charge in [0.25, 0.3) is 5.56 Å². The number of anilines is 2. The summed E-state index contributed by atoms with van der Waals surface area (Å²) in [6.07, 6.45) is 5.65. The molecule has 4 rings (SSSR count). The maximum atomic E-state index is 11.8. The topological polar surface area (TPSA) is 86.8 Å². The summed E-state index contributed by atoms with van der Waals surface area (Å²) < 4.78 is 0.955. The van der Waals surface area contributed by atoms with Gasteiger partial charge in [0.2, 0.25) is 0 Å². The van der Waals surface area contributed by atoms with Crippen molar-refractivity contribution in [3.05, 3.63) is 40.0 Å². The summed E-state index contributed by atoms with van der Waals surface area (Å²) in [6.45, 7) is 1.50. The van der Waals surface area contributed by atoms with Crippen molar-refractivity contribution in [2.75, 3.05) is 23.3 Å². The normalized spacial score (nSPS) is 17.8. The lowest BCUT2D eigenvalue weighted by molar-refractivity contribution is 0.804. The first kappa shape index (κ1) is 14.4. The number of aromatic nitrogens is 4. The molecule has 0 saturated carbocycles. The minimum atomic E-state index is -0.160. The number of pyridine rings is 1. The van der Waals surface area contributed by atoms with Gasteiger partial charge in [-0.25, -0.2) is 15.0 Å². The Kier molecular flexibility index (Phi) is 3.62. The summed E-state index contributed by atoms with van der Waals surface area (Å²) in [5, 5.41) is 4.83. The van der Waals surface area contributed by atoms with Gasteiger partial charge in [0.15, 0.2) is 16.6 Å². The molecule has 1 unspecified atom stereocenters. The zero-order chi connectivity index (χ0) is 15.8. The zero-order valence-corrected chi connectivity index (χ0v) is 13.6. The van der Waals surface area contributed by atoms with Gasteiger partial charge in [0, 0.05) is 37.7 Å². The first-order valence-electron chi connectivity index (χ1n) is 7.16. The highest BCUT2D eigenvalue weighted by Crippen LogP contribution is 2.28. The van der Waals surface area contributed by atoms with E-state index in [0.717, 1.165) is 22.8 Å². The second kappa shape index (κ2) is 5.78. The zero-order valence-electron chi connectivity index (χ0n) is 12.0. The van der Waals surface area contributed by atoms with E-state index in [4.69, 9.17) is 11.6 Å². The van der Waals surface area contributed by atoms with Gasteiger partial charge in [0.1, 0.15) is 0 Å². The Morgan fingerprint density at radius 2 is 2.35 bits per heavy atom. The van der Waals surface area contributed by atoms with E-state index in [1.165, 1.54) is 17.5 Å². The van der Waals surface area contributed by atoms with Crippen molar-refractivity contribution < 1.29 is 0 Å². The van der Waals surface area contributed by atoms with Crippen LogP contribution in [0.3, 0.4) is 0 Å². The van der Waals surface area contributed by atoms with Crippen LogP contribution in [0.2, 0.25) is 5.02 Å². The Balaban J connectivity index is 1.49.